The molecule has 0 aliphatic carbocycles. The van der Waals surface area contributed by atoms with Gasteiger partial charge in [-0.05, 0) is 47.1 Å². The third-order valence-electron chi connectivity index (χ3n) is 4.17. The van der Waals surface area contributed by atoms with Crippen LogP contribution in [0.4, 0.5) is 0 Å². The molecule has 0 amide bonds. The summed E-state index contributed by atoms with van der Waals surface area (Å²) in [5, 5.41) is 3.32. The molecule has 1 unspecified atom stereocenters. The van der Waals surface area contributed by atoms with Gasteiger partial charge >= 0.3 is 5.97 Å². The molecule has 1 N–H and O–H groups in total. The number of hydrogen-bond acceptors (Lipinski definition) is 4. The Morgan fingerprint density at radius 1 is 1.32 bits per heavy atom. The molecule has 1 heterocycles. The Hall–Kier alpha value is -0.610. The first-order valence-electron chi connectivity index (χ1n) is 7.62. The van der Waals surface area contributed by atoms with Gasteiger partial charge in [0.1, 0.15) is 5.54 Å². The Balaban J connectivity index is 2.78. The Morgan fingerprint density at radius 3 is 2.37 bits per heavy atom. The van der Waals surface area contributed by atoms with Crippen LogP contribution >= 0.6 is 0 Å². The molecule has 4 nitrogen and oxygen atoms in total. The highest BCUT2D eigenvalue weighted by Crippen LogP contribution is 2.25. The fourth-order valence-electron chi connectivity index (χ4n) is 3.02. The zero-order valence-electron chi connectivity index (χ0n) is 13.2. The fourth-order valence-corrected chi connectivity index (χ4v) is 3.02. The van der Waals surface area contributed by atoms with Gasteiger partial charge in [0.05, 0.1) is 6.61 Å². The van der Waals surface area contributed by atoms with Gasteiger partial charge in [0, 0.05) is 18.6 Å². The predicted molar refractivity (Wildman–Crippen MR) is 78.2 cm³/mol. The smallest absolute Gasteiger partial charge is 0.327 e. The van der Waals surface area contributed by atoms with E-state index in [0.717, 1.165) is 13.1 Å². The molecular formula is C15H30N2O2. The highest BCUT2D eigenvalue weighted by atomic mass is 16.5. The van der Waals surface area contributed by atoms with Gasteiger partial charge in [-0.1, -0.05) is 13.3 Å². The molecule has 0 spiro atoms. The van der Waals surface area contributed by atoms with E-state index in [1.54, 1.807) is 0 Å². The maximum atomic E-state index is 12.2. The molecule has 0 bridgehead atoms. The molecule has 0 radical (unpaired) electrons. The highest BCUT2D eigenvalue weighted by Gasteiger charge is 2.39. The lowest BCUT2D eigenvalue weighted by molar-refractivity contribution is -0.152. The minimum absolute atomic E-state index is 0.137. The minimum atomic E-state index is -0.607. The third kappa shape index (κ3) is 4.18. The van der Waals surface area contributed by atoms with Crippen LogP contribution in [0.25, 0.3) is 0 Å². The van der Waals surface area contributed by atoms with Crippen molar-refractivity contribution in [3.63, 3.8) is 0 Å². The summed E-state index contributed by atoms with van der Waals surface area (Å²) >= 11 is 0. The van der Waals surface area contributed by atoms with Gasteiger partial charge in [-0.15, -0.1) is 0 Å². The van der Waals surface area contributed by atoms with E-state index in [0.29, 0.717) is 18.7 Å². The normalized spacial score (nSPS) is 27.8. The number of likely N-dealkylation sites (N-methyl/N-ethyl adjacent to an activating group) is 1. The number of carbonyl (C=O) groups is 1. The van der Waals surface area contributed by atoms with Crippen LogP contribution in [0.2, 0.25) is 0 Å². The Labute approximate surface area is 117 Å². The topological polar surface area (TPSA) is 41.6 Å². The van der Waals surface area contributed by atoms with Crippen LogP contribution in [0, 0.1) is 0 Å². The summed E-state index contributed by atoms with van der Waals surface area (Å²) < 4.78 is 5.24. The lowest BCUT2D eigenvalue weighted by Gasteiger charge is -2.43. The van der Waals surface area contributed by atoms with E-state index >= 15 is 0 Å². The van der Waals surface area contributed by atoms with Crippen LogP contribution in [0.5, 0.6) is 0 Å². The minimum Gasteiger partial charge on any atom is -0.465 e. The van der Waals surface area contributed by atoms with Crippen molar-refractivity contribution in [1.82, 2.24) is 10.2 Å². The zero-order valence-corrected chi connectivity index (χ0v) is 13.2. The van der Waals surface area contributed by atoms with Crippen LogP contribution in [0.1, 0.15) is 53.9 Å². The molecule has 1 aliphatic heterocycles. The SMILES string of the molecule is CCNC(C)(CN1[C@H](C)CCC[C@@H]1C)C(=O)OCC. The number of ether oxygens (including phenoxy) is 1. The molecule has 0 saturated carbocycles. The summed E-state index contributed by atoms with van der Waals surface area (Å²) in [6.45, 7) is 12.3. The van der Waals surface area contributed by atoms with Crippen molar-refractivity contribution >= 4 is 5.97 Å². The average Bonchev–Trinajstić information content (AvgIpc) is 2.35. The lowest BCUT2D eigenvalue weighted by Crippen LogP contribution is -2.61. The van der Waals surface area contributed by atoms with Crippen molar-refractivity contribution in [3.05, 3.63) is 0 Å². The Kier molecular flexibility index (Phi) is 6.27. The van der Waals surface area contributed by atoms with E-state index < -0.39 is 5.54 Å². The predicted octanol–water partition coefficient (Wildman–Crippen LogP) is 2.18. The average molecular weight is 270 g/mol. The van der Waals surface area contributed by atoms with Crippen molar-refractivity contribution < 1.29 is 9.53 Å². The first kappa shape index (κ1) is 16.4. The number of nitrogens with zero attached hydrogens (tertiary/aromatic N) is 1. The van der Waals surface area contributed by atoms with Crippen molar-refractivity contribution in [2.75, 3.05) is 19.7 Å². The van der Waals surface area contributed by atoms with Gasteiger partial charge in [0.15, 0.2) is 0 Å². The summed E-state index contributed by atoms with van der Waals surface area (Å²) in [6, 6.07) is 1.08. The molecule has 1 rings (SSSR count). The summed E-state index contributed by atoms with van der Waals surface area (Å²) in [4.78, 5) is 14.7. The van der Waals surface area contributed by atoms with E-state index in [4.69, 9.17) is 4.74 Å². The molecule has 4 heteroatoms. The standard InChI is InChI=1S/C15H30N2O2/c1-6-16-15(5,14(18)19-7-2)11-17-12(3)9-8-10-13(17)4/h12-13,16H,6-11H2,1-5H3/t12-,13+,15?. The number of likely N-dealkylation sites (tertiary alicyclic amines) is 1. The molecule has 1 fully saturated rings. The molecule has 1 saturated heterocycles. The van der Waals surface area contributed by atoms with E-state index in [2.05, 4.69) is 24.1 Å². The van der Waals surface area contributed by atoms with Crippen molar-refractivity contribution in [2.45, 2.75) is 71.5 Å². The van der Waals surface area contributed by atoms with Gasteiger partial charge in [0.2, 0.25) is 0 Å². The summed E-state index contributed by atoms with van der Waals surface area (Å²) in [7, 11) is 0. The maximum Gasteiger partial charge on any atom is 0.327 e. The number of nitrogens with one attached hydrogen (secondary N) is 1. The van der Waals surface area contributed by atoms with E-state index in [1.807, 2.05) is 20.8 Å². The van der Waals surface area contributed by atoms with Gasteiger partial charge in [-0.3, -0.25) is 9.69 Å². The van der Waals surface area contributed by atoms with Crippen LogP contribution in [0.3, 0.4) is 0 Å². The third-order valence-corrected chi connectivity index (χ3v) is 4.17. The number of piperidine rings is 1. The van der Waals surface area contributed by atoms with Crippen LogP contribution in [0.15, 0.2) is 0 Å². The summed E-state index contributed by atoms with van der Waals surface area (Å²) in [5.41, 5.74) is -0.607. The van der Waals surface area contributed by atoms with Crippen molar-refractivity contribution in [2.24, 2.45) is 0 Å². The number of rotatable bonds is 6. The van der Waals surface area contributed by atoms with E-state index in [1.165, 1.54) is 19.3 Å². The largest absolute Gasteiger partial charge is 0.465 e. The number of carbonyl (C=O) groups excluding carboxylic acids is 1. The molecule has 0 aromatic rings. The second-order valence-electron chi connectivity index (χ2n) is 5.88. The van der Waals surface area contributed by atoms with Gasteiger partial charge < -0.3 is 10.1 Å². The Morgan fingerprint density at radius 2 is 1.89 bits per heavy atom. The van der Waals surface area contributed by atoms with Crippen molar-refractivity contribution in [3.8, 4) is 0 Å². The quantitative estimate of drug-likeness (QED) is 0.751. The molecule has 112 valence electrons. The molecule has 3 atom stereocenters. The zero-order chi connectivity index (χ0) is 14.5. The molecule has 0 aromatic heterocycles. The van der Waals surface area contributed by atoms with E-state index in [9.17, 15) is 4.79 Å². The monoisotopic (exact) mass is 270 g/mol. The first-order chi connectivity index (χ1) is 8.94. The van der Waals surface area contributed by atoms with Gasteiger partial charge in [0.25, 0.3) is 0 Å². The van der Waals surface area contributed by atoms with Crippen LogP contribution in [-0.4, -0.2) is 48.2 Å². The summed E-state index contributed by atoms with van der Waals surface area (Å²) in [5.74, 6) is -0.137. The Bertz CT molecular complexity index is 286. The molecule has 0 aromatic carbocycles. The van der Waals surface area contributed by atoms with Gasteiger partial charge in [-0.2, -0.15) is 0 Å². The number of esters is 1. The second-order valence-corrected chi connectivity index (χ2v) is 5.88. The molecule has 19 heavy (non-hydrogen) atoms. The molecule has 1 aliphatic rings. The highest BCUT2D eigenvalue weighted by molar-refractivity contribution is 5.80. The van der Waals surface area contributed by atoms with Crippen LogP contribution in [-0.2, 0) is 9.53 Å². The lowest BCUT2D eigenvalue weighted by atomic mass is 9.93. The van der Waals surface area contributed by atoms with Gasteiger partial charge in [-0.25, -0.2) is 0 Å². The van der Waals surface area contributed by atoms with Crippen LogP contribution < -0.4 is 5.32 Å². The maximum absolute atomic E-state index is 12.2. The first-order valence-corrected chi connectivity index (χ1v) is 7.62. The number of hydrogen-bond donors (Lipinski definition) is 1. The molecular weight excluding hydrogens is 240 g/mol. The summed E-state index contributed by atoms with van der Waals surface area (Å²) in [6.07, 6.45) is 3.72. The van der Waals surface area contributed by atoms with E-state index in [-0.39, 0.29) is 5.97 Å². The van der Waals surface area contributed by atoms with Crippen molar-refractivity contribution in [1.29, 1.82) is 0 Å². The second kappa shape index (κ2) is 7.25. The fraction of sp³-hybridized carbons (Fsp3) is 0.933.